The lowest BCUT2D eigenvalue weighted by Crippen LogP contribution is -2.46. The van der Waals surface area contributed by atoms with Crippen molar-refractivity contribution in [3.05, 3.63) is 60.2 Å². The van der Waals surface area contributed by atoms with E-state index in [0.717, 1.165) is 5.56 Å². The van der Waals surface area contributed by atoms with Crippen LogP contribution in [-0.2, 0) is 29.4 Å². The fourth-order valence-electron chi connectivity index (χ4n) is 3.69. The van der Waals surface area contributed by atoms with Crippen molar-refractivity contribution < 1.29 is 26.4 Å². The molecule has 3 rings (SSSR count). The van der Waals surface area contributed by atoms with E-state index in [9.17, 15) is 21.6 Å². The average Bonchev–Trinajstić information content (AvgIpc) is 2.76. The minimum Gasteiger partial charge on any atom is -0.383 e. The number of rotatable bonds is 9. The molecule has 2 unspecified atom stereocenters. The predicted molar refractivity (Wildman–Crippen MR) is 126 cm³/mol. The number of nitrogens with zero attached hydrogens (tertiary/aromatic N) is 1. The van der Waals surface area contributed by atoms with Gasteiger partial charge in [-0.2, -0.15) is 0 Å². The van der Waals surface area contributed by atoms with Gasteiger partial charge in [-0.15, -0.1) is 0 Å². The number of anilines is 1. The summed E-state index contributed by atoms with van der Waals surface area (Å²) in [7, 11) is -5.32. The summed E-state index contributed by atoms with van der Waals surface area (Å²) in [5, 5.41) is 2.83. The van der Waals surface area contributed by atoms with Gasteiger partial charge in [0.1, 0.15) is 6.04 Å². The summed E-state index contributed by atoms with van der Waals surface area (Å²) >= 11 is 0. The van der Waals surface area contributed by atoms with Gasteiger partial charge in [0.25, 0.3) is 0 Å². The molecule has 11 heteroatoms. The van der Waals surface area contributed by atoms with Gasteiger partial charge >= 0.3 is 0 Å². The molecule has 2 aromatic rings. The van der Waals surface area contributed by atoms with Crippen molar-refractivity contribution in [2.75, 3.05) is 43.6 Å². The largest absolute Gasteiger partial charge is 0.383 e. The number of nitrogens with one attached hydrogen (secondary N) is 2. The van der Waals surface area contributed by atoms with Crippen LogP contribution in [-0.4, -0.2) is 72.0 Å². The molecule has 0 radical (unpaired) electrons. The number of hydrogen-bond donors (Lipinski definition) is 2. The normalized spacial score (nSPS) is 18.4. The van der Waals surface area contributed by atoms with Gasteiger partial charge in [-0.05, 0) is 36.8 Å². The molecule has 1 heterocycles. The van der Waals surface area contributed by atoms with Crippen LogP contribution < -0.4 is 10.0 Å². The third kappa shape index (κ3) is 6.84. The molecule has 33 heavy (non-hydrogen) atoms. The highest BCUT2D eigenvalue weighted by Crippen LogP contribution is 2.25. The first-order chi connectivity index (χ1) is 15.6. The number of carbonyl (C=O) groups is 1. The minimum atomic E-state index is -3.72. The number of sulfonamides is 1. The minimum absolute atomic E-state index is 0.00463. The molecule has 1 aliphatic heterocycles. The van der Waals surface area contributed by atoms with Crippen molar-refractivity contribution in [1.29, 1.82) is 0 Å². The fraction of sp³-hybridized carbons (Fsp3) is 0.409. The van der Waals surface area contributed by atoms with Crippen LogP contribution in [0.1, 0.15) is 18.5 Å². The number of benzene rings is 2. The Morgan fingerprint density at radius 3 is 2.24 bits per heavy atom. The van der Waals surface area contributed by atoms with Crippen molar-refractivity contribution in [1.82, 2.24) is 9.62 Å². The second-order valence-corrected chi connectivity index (χ2v) is 12.0. The van der Waals surface area contributed by atoms with Crippen LogP contribution in [0, 0.1) is 0 Å². The van der Waals surface area contributed by atoms with Gasteiger partial charge in [0.05, 0.1) is 23.0 Å². The number of amides is 1. The van der Waals surface area contributed by atoms with Gasteiger partial charge in [0.2, 0.25) is 15.9 Å². The summed E-state index contributed by atoms with van der Waals surface area (Å²) in [6, 6.07) is 14.0. The topological polar surface area (TPSA) is 122 Å². The van der Waals surface area contributed by atoms with Crippen molar-refractivity contribution in [2.24, 2.45) is 0 Å². The highest BCUT2D eigenvalue weighted by molar-refractivity contribution is 7.91. The monoisotopic (exact) mass is 495 g/mol. The van der Waals surface area contributed by atoms with Gasteiger partial charge in [0, 0.05) is 31.9 Å². The van der Waals surface area contributed by atoms with E-state index >= 15 is 0 Å². The first kappa shape index (κ1) is 25.3. The summed E-state index contributed by atoms with van der Waals surface area (Å²) in [5.74, 6) is -0.307. The Morgan fingerprint density at radius 1 is 1.06 bits per heavy atom. The average molecular weight is 496 g/mol. The standard InChI is InChI=1S/C22H29N3O6S2/c1-17(16-31-2)24-33(29,30)20-10-8-19(9-11-20)23-22(26)21(18-6-4-3-5-7-18)25-12-14-32(27,28)15-13-25/h3-11,17,21,24H,12-16H2,1-2H3,(H,23,26). The zero-order chi connectivity index (χ0) is 24.1. The van der Waals surface area contributed by atoms with E-state index in [0.29, 0.717) is 5.69 Å². The Labute approximate surface area is 195 Å². The molecule has 0 bridgehead atoms. The molecule has 0 aliphatic carbocycles. The Morgan fingerprint density at radius 2 is 1.67 bits per heavy atom. The molecular weight excluding hydrogens is 466 g/mol. The van der Waals surface area contributed by atoms with Crippen LogP contribution >= 0.6 is 0 Å². The molecule has 1 fully saturated rings. The smallest absolute Gasteiger partial charge is 0.246 e. The molecule has 180 valence electrons. The number of hydrogen-bond acceptors (Lipinski definition) is 7. The van der Waals surface area contributed by atoms with Crippen LogP contribution in [0.4, 0.5) is 5.69 Å². The van der Waals surface area contributed by atoms with Crippen molar-refractivity contribution in [3.8, 4) is 0 Å². The molecule has 0 aromatic heterocycles. The molecule has 0 saturated carbocycles. The molecule has 2 aromatic carbocycles. The van der Waals surface area contributed by atoms with E-state index < -0.39 is 25.9 Å². The van der Waals surface area contributed by atoms with Gasteiger partial charge in [-0.1, -0.05) is 30.3 Å². The van der Waals surface area contributed by atoms with E-state index in [1.54, 1.807) is 6.92 Å². The molecule has 1 aliphatic rings. The quantitative estimate of drug-likeness (QED) is 0.539. The third-order valence-corrected chi connectivity index (χ3v) is 8.53. The maximum atomic E-state index is 13.2. The van der Waals surface area contributed by atoms with Crippen LogP contribution in [0.5, 0.6) is 0 Å². The van der Waals surface area contributed by atoms with Gasteiger partial charge in [-0.25, -0.2) is 21.6 Å². The molecule has 0 spiro atoms. The van der Waals surface area contributed by atoms with Gasteiger partial charge in [-0.3, -0.25) is 9.69 Å². The number of ether oxygens (including phenoxy) is 1. The second kappa shape index (κ2) is 10.7. The molecule has 2 N–H and O–H groups in total. The lowest BCUT2D eigenvalue weighted by atomic mass is 10.0. The highest BCUT2D eigenvalue weighted by Gasteiger charge is 2.32. The van der Waals surface area contributed by atoms with Crippen molar-refractivity contribution in [2.45, 2.75) is 23.9 Å². The molecule has 2 atom stereocenters. The Bertz CT molecular complexity index is 1140. The summed E-state index contributed by atoms with van der Waals surface area (Å²) in [4.78, 5) is 15.2. The summed E-state index contributed by atoms with van der Waals surface area (Å²) < 4.78 is 56.2. The first-order valence-corrected chi connectivity index (χ1v) is 13.8. The van der Waals surface area contributed by atoms with Crippen LogP contribution in [0.15, 0.2) is 59.5 Å². The Hall–Kier alpha value is -2.31. The van der Waals surface area contributed by atoms with Crippen LogP contribution in [0.2, 0.25) is 0 Å². The number of carbonyl (C=O) groups excluding carboxylic acids is 1. The molecule has 1 amide bonds. The molecule has 1 saturated heterocycles. The summed E-state index contributed by atoms with van der Waals surface area (Å²) in [6.07, 6.45) is 0. The van der Waals surface area contributed by atoms with E-state index in [1.807, 2.05) is 35.2 Å². The zero-order valence-corrected chi connectivity index (χ0v) is 20.2. The highest BCUT2D eigenvalue weighted by atomic mass is 32.2. The third-order valence-electron chi connectivity index (χ3n) is 5.31. The predicted octanol–water partition coefficient (Wildman–Crippen LogP) is 1.41. The van der Waals surface area contributed by atoms with Crippen LogP contribution in [0.3, 0.4) is 0 Å². The number of methoxy groups -OCH3 is 1. The lowest BCUT2D eigenvalue weighted by molar-refractivity contribution is -0.121. The Balaban J connectivity index is 1.76. The van der Waals surface area contributed by atoms with E-state index in [-0.39, 0.29) is 48.0 Å². The Kier molecular flexibility index (Phi) is 8.24. The summed E-state index contributed by atoms with van der Waals surface area (Å²) in [6.45, 7) is 2.47. The maximum absolute atomic E-state index is 13.2. The summed E-state index contributed by atoms with van der Waals surface area (Å²) in [5.41, 5.74) is 1.19. The second-order valence-electron chi connectivity index (χ2n) is 7.99. The lowest BCUT2D eigenvalue weighted by Gasteiger charge is -2.33. The fourth-order valence-corrected chi connectivity index (χ4v) is 6.15. The van der Waals surface area contributed by atoms with E-state index in [1.165, 1.54) is 31.4 Å². The van der Waals surface area contributed by atoms with Crippen molar-refractivity contribution >= 4 is 31.5 Å². The van der Waals surface area contributed by atoms with Gasteiger partial charge < -0.3 is 10.1 Å². The molecular formula is C22H29N3O6S2. The zero-order valence-electron chi connectivity index (χ0n) is 18.6. The SMILES string of the molecule is COCC(C)NS(=O)(=O)c1ccc(NC(=O)C(c2ccccc2)N2CCS(=O)(=O)CC2)cc1. The molecule has 9 nitrogen and oxygen atoms in total. The first-order valence-electron chi connectivity index (χ1n) is 10.5. The number of sulfone groups is 1. The van der Waals surface area contributed by atoms with E-state index in [4.69, 9.17) is 4.74 Å². The maximum Gasteiger partial charge on any atom is 0.246 e. The van der Waals surface area contributed by atoms with Crippen molar-refractivity contribution in [3.63, 3.8) is 0 Å². The van der Waals surface area contributed by atoms with Gasteiger partial charge in [0.15, 0.2) is 9.84 Å². The van der Waals surface area contributed by atoms with E-state index in [2.05, 4.69) is 10.0 Å². The van der Waals surface area contributed by atoms with Crippen LogP contribution in [0.25, 0.3) is 0 Å².